The molecule has 0 spiro atoms. The summed E-state index contributed by atoms with van der Waals surface area (Å²) < 4.78 is 0. The van der Waals surface area contributed by atoms with Crippen LogP contribution in [-0.4, -0.2) is 20.9 Å². The molecule has 1 aliphatic rings. The van der Waals surface area contributed by atoms with Crippen molar-refractivity contribution in [3.05, 3.63) is 95.0 Å². The number of nitrogens with zero attached hydrogens (tertiary/aromatic N) is 2. The van der Waals surface area contributed by atoms with E-state index in [-0.39, 0.29) is 43.5 Å². The van der Waals surface area contributed by atoms with Gasteiger partial charge in [-0.05, 0) is 79.7 Å². The number of allylic oxidation sites excluding steroid dienone is 2. The third-order valence-electron chi connectivity index (χ3n) is 8.82. The van der Waals surface area contributed by atoms with E-state index < -0.39 is 0 Å². The minimum absolute atomic E-state index is 0. The van der Waals surface area contributed by atoms with Gasteiger partial charge in [0.15, 0.2) is 5.78 Å². The summed E-state index contributed by atoms with van der Waals surface area (Å²) in [7, 11) is 0. The normalized spacial score (nSPS) is 12.5. The van der Waals surface area contributed by atoms with Crippen molar-refractivity contribution in [1.29, 1.82) is 0 Å². The molecular formula is C39H47IrN2O2-. The Labute approximate surface area is 277 Å². The van der Waals surface area contributed by atoms with Crippen LogP contribution >= 0.6 is 0 Å². The van der Waals surface area contributed by atoms with Crippen LogP contribution in [0.5, 0.6) is 0 Å². The van der Waals surface area contributed by atoms with Crippen LogP contribution < -0.4 is 0 Å². The van der Waals surface area contributed by atoms with Crippen molar-refractivity contribution in [3.63, 3.8) is 0 Å². The molecule has 5 heteroatoms. The second-order valence-corrected chi connectivity index (χ2v) is 12.0. The van der Waals surface area contributed by atoms with Crippen molar-refractivity contribution in [2.45, 2.75) is 92.9 Å². The Bertz CT molecular complexity index is 1600. The van der Waals surface area contributed by atoms with E-state index in [0.717, 1.165) is 60.9 Å². The van der Waals surface area contributed by atoms with Crippen molar-refractivity contribution in [2.24, 2.45) is 11.8 Å². The molecule has 1 radical (unpaired) electrons. The molecule has 0 saturated heterocycles. The van der Waals surface area contributed by atoms with Crippen LogP contribution in [0, 0.1) is 24.8 Å². The zero-order valence-electron chi connectivity index (χ0n) is 27.3. The fraction of sp³-hybridized carbons (Fsp3) is 0.410. The van der Waals surface area contributed by atoms with Gasteiger partial charge in [-0.2, -0.15) is 0 Å². The van der Waals surface area contributed by atoms with E-state index in [4.69, 9.17) is 9.97 Å². The number of carbonyl (C=O) groups is 1. The Balaban J connectivity index is 0.000000286. The van der Waals surface area contributed by atoms with E-state index in [9.17, 15) is 9.90 Å². The number of aryl methyl sites for hydroxylation is 2. The molecule has 0 aliphatic heterocycles. The third-order valence-corrected chi connectivity index (χ3v) is 8.82. The number of hydrogen-bond acceptors (Lipinski definition) is 4. The van der Waals surface area contributed by atoms with Crippen molar-refractivity contribution in [3.8, 4) is 22.5 Å². The van der Waals surface area contributed by atoms with Gasteiger partial charge in [0.1, 0.15) is 0 Å². The summed E-state index contributed by atoms with van der Waals surface area (Å²) in [5.74, 6) is 0.995. The summed E-state index contributed by atoms with van der Waals surface area (Å²) >= 11 is 0. The number of carbonyl (C=O) groups excluding carboxylic acids is 1. The second-order valence-electron chi connectivity index (χ2n) is 12.0. The van der Waals surface area contributed by atoms with Crippen LogP contribution in [0.2, 0.25) is 0 Å². The molecule has 2 heterocycles. The molecule has 0 amide bonds. The van der Waals surface area contributed by atoms with Gasteiger partial charge >= 0.3 is 0 Å². The number of ketones is 1. The summed E-state index contributed by atoms with van der Waals surface area (Å²) in [5.41, 5.74) is 9.70. The molecule has 4 aromatic rings. The Morgan fingerprint density at radius 1 is 0.932 bits per heavy atom. The van der Waals surface area contributed by atoms with Gasteiger partial charge in [0.25, 0.3) is 0 Å². The first kappa shape index (κ1) is 35.3. The van der Waals surface area contributed by atoms with Crippen LogP contribution in [0.3, 0.4) is 0 Å². The molecule has 1 N–H and O–H groups in total. The quantitative estimate of drug-likeness (QED) is 0.105. The predicted octanol–water partition coefficient (Wildman–Crippen LogP) is 10.2. The molecule has 4 nitrogen and oxygen atoms in total. The molecule has 2 aromatic carbocycles. The maximum absolute atomic E-state index is 11.7. The first-order valence-electron chi connectivity index (χ1n) is 16.1. The van der Waals surface area contributed by atoms with Gasteiger partial charge < -0.3 is 5.11 Å². The predicted molar refractivity (Wildman–Crippen MR) is 179 cm³/mol. The number of rotatable bonds is 9. The maximum atomic E-state index is 11.7. The fourth-order valence-electron chi connectivity index (χ4n) is 6.16. The number of hydrogen-bond donors (Lipinski definition) is 1. The van der Waals surface area contributed by atoms with Crippen molar-refractivity contribution in [2.75, 3.05) is 0 Å². The summed E-state index contributed by atoms with van der Waals surface area (Å²) in [4.78, 5) is 21.3. The van der Waals surface area contributed by atoms with E-state index in [1.807, 2.05) is 40.1 Å². The number of fused-ring (bicyclic) bond motifs is 4. The standard InChI is InChI=1S/C26H23N2.C13H24O2.Ir/c1-16(2)24-14-20(13-18-6-4-5-7-21(18)24)26-22-9-8-19-12-17(3)15-28-25(19)23(22)10-11-27-26;1-5-10(6-2)12(14)9-13(15)11(7-3)8-4;/h4-7,10-12,14-16H,8-9H2,1-3H3;9-11,14H,5-8H2,1-4H3;/q-1;;/b;12-9-;. The van der Waals surface area contributed by atoms with Crippen molar-refractivity contribution in [1.82, 2.24) is 9.97 Å². The smallest absolute Gasteiger partial charge is 0.162 e. The monoisotopic (exact) mass is 768 g/mol. The molecule has 44 heavy (non-hydrogen) atoms. The van der Waals surface area contributed by atoms with Crippen LogP contribution in [0.4, 0.5) is 0 Å². The number of benzene rings is 2. The van der Waals surface area contributed by atoms with Crippen LogP contribution in [-0.2, 0) is 37.7 Å². The van der Waals surface area contributed by atoms with Gasteiger partial charge in [-0.15, -0.1) is 29.1 Å². The molecule has 0 bridgehead atoms. The van der Waals surface area contributed by atoms with Gasteiger partial charge in [0, 0.05) is 56.1 Å². The van der Waals surface area contributed by atoms with E-state index in [2.05, 4.69) is 69.3 Å². The molecule has 1 aliphatic carbocycles. The van der Waals surface area contributed by atoms with Crippen LogP contribution in [0.1, 0.15) is 95.4 Å². The Kier molecular flexibility index (Phi) is 13.1. The van der Waals surface area contributed by atoms with Crippen LogP contribution in [0.25, 0.3) is 33.3 Å². The number of aromatic nitrogens is 2. The Morgan fingerprint density at radius 3 is 2.27 bits per heavy atom. The van der Waals surface area contributed by atoms with Gasteiger partial charge in [0.2, 0.25) is 0 Å². The van der Waals surface area contributed by atoms with Crippen molar-refractivity contribution >= 4 is 16.6 Å². The average molecular weight is 768 g/mol. The molecule has 0 atom stereocenters. The summed E-state index contributed by atoms with van der Waals surface area (Å²) in [6.45, 7) is 14.7. The molecule has 0 fully saturated rings. The number of aliphatic hydroxyl groups is 1. The average Bonchev–Trinajstić information content (AvgIpc) is 3.01. The van der Waals surface area contributed by atoms with E-state index in [1.54, 1.807) is 0 Å². The molecule has 0 saturated carbocycles. The van der Waals surface area contributed by atoms with Crippen LogP contribution in [0.15, 0.2) is 66.7 Å². The Hall–Kier alpha value is -3.14. The van der Waals surface area contributed by atoms with Gasteiger partial charge in [-0.25, -0.2) is 0 Å². The largest absolute Gasteiger partial charge is 0.512 e. The number of aliphatic hydroxyl groups excluding tert-OH is 1. The molecule has 0 unspecified atom stereocenters. The maximum Gasteiger partial charge on any atom is 0.162 e. The number of pyridine rings is 2. The van der Waals surface area contributed by atoms with Gasteiger partial charge in [0.05, 0.1) is 11.5 Å². The van der Waals surface area contributed by atoms with Crippen molar-refractivity contribution < 1.29 is 30.0 Å². The van der Waals surface area contributed by atoms with E-state index in [0.29, 0.717) is 5.92 Å². The summed E-state index contributed by atoms with van der Waals surface area (Å²) in [6, 6.07) is 18.8. The third kappa shape index (κ3) is 7.92. The second kappa shape index (κ2) is 16.3. The first-order chi connectivity index (χ1) is 20.7. The molecule has 2 aromatic heterocycles. The first-order valence-corrected chi connectivity index (χ1v) is 16.1. The SMILES string of the molecule is CCC(CC)C(=O)/C=C(\O)C(CC)CC.Cc1cnc2c(c1)CCc1c-2ccnc1-c1[c-]c2ccccc2c(C(C)C)c1.[Ir]. The summed E-state index contributed by atoms with van der Waals surface area (Å²) in [6.07, 6.45) is 10.8. The van der Waals surface area contributed by atoms with E-state index in [1.165, 1.54) is 39.3 Å². The molecular weight excluding hydrogens is 721 g/mol. The summed E-state index contributed by atoms with van der Waals surface area (Å²) in [5, 5.41) is 12.2. The van der Waals surface area contributed by atoms with Gasteiger partial charge in [-0.3, -0.25) is 14.8 Å². The molecule has 235 valence electrons. The minimum atomic E-state index is 0. The minimum Gasteiger partial charge on any atom is -0.512 e. The Morgan fingerprint density at radius 2 is 1.61 bits per heavy atom. The zero-order chi connectivity index (χ0) is 31.1. The van der Waals surface area contributed by atoms with Gasteiger partial charge in [-0.1, -0.05) is 76.8 Å². The molecule has 5 rings (SSSR count). The zero-order valence-corrected chi connectivity index (χ0v) is 29.7. The fourth-order valence-corrected chi connectivity index (χ4v) is 6.16. The van der Waals surface area contributed by atoms with E-state index >= 15 is 0 Å². The topological polar surface area (TPSA) is 63.1 Å².